The standard InChI is InChI=1S/C12H19N3O3/c1-12(2,3)18-11(17)15-9(8-10(15)16)14(4)7-5-6-13/h5-7,9,13H,8H2,1-4H3/b7-5-,13-6?/t9-/m1/s1. The predicted molar refractivity (Wildman–Crippen MR) is 67.2 cm³/mol. The second-order valence-electron chi connectivity index (χ2n) is 5.10. The van der Waals surface area contributed by atoms with Crippen LogP contribution in [0.25, 0.3) is 0 Å². The molecule has 1 atom stereocenters. The van der Waals surface area contributed by atoms with Crippen molar-refractivity contribution < 1.29 is 14.3 Å². The zero-order chi connectivity index (χ0) is 13.9. The van der Waals surface area contributed by atoms with E-state index < -0.39 is 11.7 Å². The first kappa shape index (κ1) is 14.2. The van der Waals surface area contributed by atoms with Crippen LogP contribution < -0.4 is 0 Å². The number of amides is 2. The summed E-state index contributed by atoms with van der Waals surface area (Å²) in [6.07, 6.45) is 3.62. The maximum atomic E-state index is 11.8. The van der Waals surface area contributed by atoms with Crippen LogP contribution in [-0.2, 0) is 9.53 Å². The molecule has 100 valence electrons. The lowest BCUT2D eigenvalue weighted by atomic mass is 10.1. The van der Waals surface area contributed by atoms with E-state index >= 15 is 0 Å². The molecule has 0 radical (unpaired) electrons. The number of ether oxygens (including phenoxy) is 1. The summed E-state index contributed by atoms with van der Waals surface area (Å²) < 4.78 is 5.17. The van der Waals surface area contributed by atoms with Gasteiger partial charge in [0.1, 0.15) is 11.8 Å². The first-order chi connectivity index (χ1) is 8.26. The van der Waals surface area contributed by atoms with E-state index in [-0.39, 0.29) is 18.5 Å². The smallest absolute Gasteiger partial charge is 0.418 e. The summed E-state index contributed by atoms with van der Waals surface area (Å²) in [5.74, 6) is -0.246. The van der Waals surface area contributed by atoms with Crippen molar-refractivity contribution in [3.05, 3.63) is 12.3 Å². The lowest BCUT2D eigenvalue weighted by Gasteiger charge is -2.43. The first-order valence-corrected chi connectivity index (χ1v) is 5.70. The minimum atomic E-state index is -0.626. The summed E-state index contributed by atoms with van der Waals surface area (Å²) in [7, 11) is 1.74. The summed E-state index contributed by atoms with van der Waals surface area (Å²) in [5, 5.41) is 6.89. The third-order valence-electron chi connectivity index (χ3n) is 2.40. The molecule has 2 amide bonds. The Hall–Kier alpha value is -1.85. The van der Waals surface area contributed by atoms with Crippen molar-refractivity contribution >= 4 is 18.2 Å². The van der Waals surface area contributed by atoms with E-state index in [0.29, 0.717) is 0 Å². The molecule has 1 aliphatic heterocycles. The van der Waals surface area contributed by atoms with Gasteiger partial charge in [-0.15, -0.1) is 0 Å². The summed E-state index contributed by atoms with van der Waals surface area (Å²) in [4.78, 5) is 26.1. The maximum absolute atomic E-state index is 11.8. The number of carbonyl (C=O) groups is 2. The summed E-state index contributed by atoms with van der Waals surface area (Å²) in [6, 6.07) is 0. The van der Waals surface area contributed by atoms with Gasteiger partial charge in [-0.2, -0.15) is 0 Å². The molecule has 0 unspecified atom stereocenters. The molecule has 1 rings (SSSR count). The number of rotatable bonds is 3. The molecule has 0 saturated carbocycles. The quantitative estimate of drug-likeness (QED) is 0.612. The fourth-order valence-electron chi connectivity index (χ4n) is 1.54. The van der Waals surface area contributed by atoms with E-state index in [0.717, 1.165) is 11.1 Å². The Bertz CT molecular complexity index is 385. The molecular weight excluding hydrogens is 234 g/mol. The van der Waals surface area contributed by atoms with Gasteiger partial charge in [0.05, 0.1) is 6.42 Å². The molecule has 0 aromatic carbocycles. The van der Waals surface area contributed by atoms with Crippen molar-refractivity contribution in [2.45, 2.75) is 39.0 Å². The van der Waals surface area contributed by atoms with E-state index in [9.17, 15) is 9.59 Å². The van der Waals surface area contributed by atoms with Gasteiger partial charge < -0.3 is 15.0 Å². The van der Waals surface area contributed by atoms with Gasteiger partial charge in [0.25, 0.3) is 0 Å². The van der Waals surface area contributed by atoms with Crippen LogP contribution in [0.3, 0.4) is 0 Å². The Morgan fingerprint density at radius 1 is 1.56 bits per heavy atom. The number of nitrogens with one attached hydrogen (secondary N) is 1. The number of allylic oxidation sites excluding steroid dienone is 1. The third kappa shape index (κ3) is 3.32. The van der Waals surface area contributed by atoms with Gasteiger partial charge in [-0.05, 0) is 26.8 Å². The second-order valence-corrected chi connectivity index (χ2v) is 5.10. The van der Waals surface area contributed by atoms with Gasteiger partial charge in [0, 0.05) is 19.5 Å². The Morgan fingerprint density at radius 3 is 2.61 bits per heavy atom. The normalized spacial score (nSPS) is 19.7. The highest BCUT2D eigenvalue weighted by Crippen LogP contribution is 2.24. The molecule has 0 bridgehead atoms. The van der Waals surface area contributed by atoms with E-state index in [2.05, 4.69) is 0 Å². The minimum Gasteiger partial charge on any atom is -0.443 e. The molecular formula is C12H19N3O3. The average molecular weight is 253 g/mol. The molecule has 0 aromatic rings. The van der Waals surface area contributed by atoms with Crippen LogP contribution in [0, 0.1) is 5.41 Å². The van der Waals surface area contributed by atoms with Crippen molar-refractivity contribution in [3.63, 3.8) is 0 Å². The van der Waals surface area contributed by atoms with Crippen LogP contribution in [-0.4, -0.2) is 46.8 Å². The molecule has 1 N–H and O–H groups in total. The highest BCUT2D eigenvalue weighted by Gasteiger charge is 2.44. The predicted octanol–water partition coefficient (Wildman–Crippen LogP) is 1.57. The molecule has 0 aliphatic carbocycles. The molecule has 1 saturated heterocycles. The molecule has 1 heterocycles. The molecule has 1 aliphatic rings. The number of carbonyl (C=O) groups excluding carboxylic acids is 2. The highest BCUT2D eigenvalue weighted by molar-refractivity contribution is 5.97. The van der Waals surface area contributed by atoms with Crippen molar-refractivity contribution in [1.29, 1.82) is 5.41 Å². The summed E-state index contributed by atoms with van der Waals surface area (Å²) >= 11 is 0. The van der Waals surface area contributed by atoms with E-state index in [1.54, 1.807) is 38.9 Å². The number of nitrogens with zero attached hydrogens (tertiary/aromatic N) is 2. The zero-order valence-corrected chi connectivity index (χ0v) is 11.1. The van der Waals surface area contributed by atoms with Gasteiger partial charge in [-0.3, -0.25) is 4.79 Å². The molecule has 0 aromatic heterocycles. The van der Waals surface area contributed by atoms with Crippen LogP contribution in [0.1, 0.15) is 27.2 Å². The van der Waals surface area contributed by atoms with Gasteiger partial charge in [0.2, 0.25) is 5.91 Å². The molecule has 6 heteroatoms. The average Bonchev–Trinajstić information content (AvgIpc) is 2.19. The zero-order valence-electron chi connectivity index (χ0n) is 11.1. The number of β-lactam (4-membered cyclic amide) rings is 1. The van der Waals surface area contributed by atoms with Crippen molar-refractivity contribution in [2.75, 3.05) is 7.05 Å². The van der Waals surface area contributed by atoms with Crippen molar-refractivity contribution in [3.8, 4) is 0 Å². The fourth-order valence-corrected chi connectivity index (χ4v) is 1.54. The summed E-state index contributed by atoms with van der Waals surface area (Å²) in [5.41, 5.74) is -0.624. The van der Waals surface area contributed by atoms with E-state index in [1.807, 2.05) is 0 Å². The lowest BCUT2D eigenvalue weighted by molar-refractivity contribution is -0.150. The Morgan fingerprint density at radius 2 is 2.17 bits per heavy atom. The van der Waals surface area contributed by atoms with E-state index in [4.69, 9.17) is 10.1 Å². The Labute approximate surface area is 107 Å². The van der Waals surface area contributed by atoms with Crippen molar-refractivity contribution in [2.24, 2.45) is 0 Å². The van der Waals surface area contributed by atoms with Crippen LogP contribution in [0.15, 0.2) is 12.3 Å². The largest absolute Gasteiger partial charge is 0.443 e. The molecule has 1 fully saturated rings. The molecule has 18 heavy (non-hydrogen) atoms. The lowest BCUT2D eigenvalue weighted by Crippen LogP contribution is -2.61. The highest BCUT2D eigenvalue weighted by atomic mass is 16.6. The monoisotopic (exact) mass is 253 g/mol. The van der Waals surface area contributed by atoms with Gasteiger partial charge in [0.15, 0.2) is 0 Å². The third-order valence-corrected chi connectivity index (χ3v) is 2.40. The Kier molecular flexibility index (Phi) is 4.11. The number of hydrogen-bond donors (Lipinski definition) is 1. The second kappa shape index (κ2) is 5.20. The van der Waals surface area contributed by atoms with Crippen molar-refractivity contribution in [1.82, 2.24) is 9.80 Å². The van der Waals surface area contributed by atoms with Gasteiger partial charge in [-0.25, -0.2) is 9.69 Å². The number of hydrogen-bond acceptors (Lipinski definition) is 5. The topological polar surface area (TPSA) is 73.7 Å². The van der Waals surface area contributed by atoms with Gasteiger partial charge in [-0.1, -0.05) is 0 Å². The van der Waals surface area contributed by atoms with Crippen LogP contribution in [0.5, 0.6) is 0 Å². The maximum Gasteiger partial charge on any atom is 0.418 e. The molecule has 0 spiro atoms. The first-order valence-electron chi connectivity index (χ1n) is 5.70. The fraction of sp³-hybridized carbons (Fsp3) is 0.583. The molecule has 6 nitrogen and oxygen atoms in total. The summed E-state index contributed by atoms with van der Waals surface area (Å²) in [6.45, 7) is 5.26. The van der Waals surface area contributed by atoms with Gasteiger partial charge >= 0.3 is 6.09 Å². The number of imide groups is 1. The van der Waals surface area contributed by atoms with E-state index in [1.165, 1.54) is 6.08 Å². The van der Waals surface area contributed by atoms with Crippen LogP contribution in [0.4, 0.5) is 4.79 Å². The van der Waals surface area contributed by atoms with Crippen LogP contribution in [0.2, 0.25) is 0 Å². The minimum absolute atomic E-state index is 0.246. The SMILES string of the molecule is CN(/C=C\C=N)[C@H]1CC(=O)N1C(=O)OC(C)(C)C. The Balaban J connectivity index is 2.68. The van der Waals surface area contributed by atoms with Crippen LogP contribution >= 0.6 is 0 Å². The number of likely N-dealkylation sites (tertiary alicyclic amines) is 1.